The molecule has 0 saturated heterocycles. The standard InChI is InChI=1S/C17H17N3OS/c21-16(18-13-6-7-13)9-8-14-11-22-17-19-15(10-20(14)17)12-4-2-1-3-5-12/h1-5,10-11,13H,6-9H2,(H,18,21). The molecule has 4 rings (SSSR count). The van der Waals surface area contributed by atoms with Crippen LogP contribution in [0, 0.1) is 0 Å². The number of hydrogen-bond donors (Lipinski definition) is 1. The minimum Gasteiger partial charge on any atom is -0.353 e. The highest BCUT2D eigenvalue weighted by molar-refractivity contribution is 7.15. The van der Waals surface area contributed by atoms with E-state index in [0.717, 1.165) is 41.2 Å². The van der Waals surface area contributed by atoms with E-state index in [1.54, 1.807) is 11.3 Å². The fourth-order valence-electron chi connectivity index (χ4n) is 2.53. The van der Waals surface area contributed by atoms with Gasteiger partial charge in [-0.25, -0.2) is 4.98 Å². The average Bonchev–Trinajstić information content (AvgIpc) is 3.11. The number of carbonyl (C=O) groups is 1. The van der Waals surface area contributed by atoms with Gasteiger partial charge in [0.1, 0.15) is 0 Å². The summed E-state index contributed by atoms with van der Waals surface area (Å²) < 4.78 is 2.11. The van der Waals surface area contributed by atoms with Crippen LogP contribution in [0.25, 0.3) is 16.2 Å². The van der Waals surface area contributed by atoms with Crippen molar-refractivity contribution >= 4 is 22.2 Å². The molecular formula is C17H17N3OS. The Labute approximate surface area is 132 Å². The van der Waals surface area contributed by atoms with Crippen molar-refractivity contribution in [2.24, 2.45) is 0 Å². The van der Waals surface area contributed by atoms with Gasteiger partial charge in [0.2, 0.25) is 5.91 Å². The van der Waals surface area contributed by atoms with Crippen LogP contribution in [0.4, 0.5) is 0 Å². The van der Waals surface area contributed by atoms with E-state index in [9.17, 15) is 4.79 Å². The first-order valence-electron chi connectivity index (χ1n) is 7.60. The summed E-state index contributed by atoms with van der Waals surface area (Å²) >= 11 is 1.63. The monoisotopic (exact) mass is 311 g/mol. The van der Waals surface area contributed by atoms with Gasteiger partial charge in [-0.3, -0.25) is 9.20 Å². The molecule has 1 aliphatic carbocycles. The van der Waals surface area contributed by atoms with E-state index in [1.807, 2.05) is 18.2 Å². The quantitative estimate of drug-likeness (QED) is 0.786. The van der Waals surface area contributed by atoms with Crippen LogP contribution in [0.15, 0.2) is 41.9 Å². The Bertz CT molecular complexity index is 802. The molecule has 2 heterocycles. The number of imidazole rings is 1. The molecule has 0 aliphatic heterocycles. The summed E-state index contributed by atoms with van der Waals surface area (Å²) in [6.45, 7) is 0. The highest BCUT2D eigenvalue weighted by Crippen LogP contribution is 2.24. The Hall–Kier alpha value is -2.14. The summed E-state index contributed by atoms with van der Waals surface area (Å²) in [4.78, 5) is 17.5. The second-order valence-corrected chi connectivity index (χ2v) is 6.55. The van der Waals surface area contributed by atoms with E-state index in [2.05, 4.69) is 38.4 Å². The third kappa shape index (κ3) is 2.76. The Kier molecular flexibility index (Phi) is 3.42. The van der Waals surface area contributed by atoms with Crippen LogP contribution in [0.2, 0.25) is 0 Å². The maximum Gasteiger partial charge on any atom is 0.220 e. The van der Waals surface area contributed by atoms with Crippen molar-refractivity contribution in [2.45, 2.75) is 31.7 Å². The molecule has 1 fully saturated rings. The molecule has 1 amide bonds. The number of rotatable bonds is 5. The minimum absolute atomic E-state index is 0.158. The number of hydrogen-bond acceptors (Lipinski definition) is 3. The van der Waals surface area contributed by atoms with Gasteiger partial charge in [0.05, 0.1) is 5.69 Å². The molecule has 0 radical (unpaired) electrons. The fourth-order valence-corrected chi connectivity index (χ4v) is 3.43. The van der Waals surface area contributed by atoms with E-state index < -0.39 is 0 Å². The molecule has 1 N–H and O–H groups in total. The number of nitrogens with one attached hydrogen (secondary N) is 1. The summed E-state index contributed by atoms with van der Waals surface area (Å²) in [6, 6.07) is 10.6. The third-order valence-electron chi connectivity index (χ3n) is 3.90. The maximum atomic E-state index is 11.8. The summed E-state index contributed by atoms with van der Waals surface area (Å²) in [6.07, 6.45) is 5.63. The van der Waals surface area contributed by atoms with Crippen LogP contribution >= 0.6 is 11.3 Å². The minimum atomic E-state index is 0.158. The molecule has 5 heteroatoms. The molecular weight excluding hydrogens is 294 g/mol. The number of benzene rings is 1. The molecule has 0 spiro atoms. The second-order valence-electron chi connectivity index (χ2n) is 5.71. The largest absolute Gasteiger partial charge is 0.353 e. The Morgan fingerprint density at radius 2 is 2.14 bits per heavy atom. The van der Waals surface area contributed by atoms with Crippen LogP contribution in [0.3, 0.4) is 0 Å². The lowest BCUT2D eigenvalue weighted by Gasteiger charge is -2.02. The first-order valence-corrected chi connectivity index (χ1v) is 8.48. The molecule has 4 nitrogen and oxygen atoms in total. The lowest BCUT2D eigenvalue weighted by Crippen LogP contribution is -2.25. The molecule has 3 aromatic rings. The van der Waals surface area contributed by atoms with Crippen molar-refractivity contribution in [3.8, 4) is 11.3 Å². The van der Waals surface area contributed by atoms with Gasteiger partial charge in [0.15, 0.2) is 4.96 Å². The highest BCUT2D eigenvalue weighted by atomic mass is 32.1. The van der Waals surface area contributed by atoms with Crippen molar-refractivity contribution in [2.75, 3.05) is 0 Å². The molecule has 1 aromatic carbocycles. The van der Waals surface area contributed by atoms with Crippen LogP contribution in [0.5, 0.6) is 0 Å². The number of thiazole rings is 1. The first kappa shape index (κ1) is 13.5. The zero-order chi connectivity index (χ0) is 14.9. The van der Waals surface area contributed by atoms with Gasteiger partial charge in [-0.05, 0) is 19.3 Å². The zero-order valence-corrected chi connectivity index (χ0v) is 13.0. The smallest absolute Gasteiger partial charge is 0.220 e. The van der Waals surface area contributed by atoms with Crippen LogP contribution in [0.1, 0.15) is 25.0 Å². The normalized spacial score (nSPS) is 14.4. The second kappa shape index (κ2) is 5.57. The first-order chi connectivity index (χ1) is 10.8. The Balaban J connectivity index is 1.51. The zero-order valence-electron chi connectivity index (χ0n) is 12.2. The van der Waals surface area contributed by atoms with Gasteiger partial charge in [-0.1, -0.05) is 30.3 Å². The molecule has 1 saturated carbocycles. The van der Waals surface area contributed by atoms with Gasteiger partial charge in [-0.15, -0.1) is 11.3 Å². The number of fused-ring (bicyclic) bond motifs is 1. The third-order valence-corrected chi connectivity index (χ3v) is 4.79. The number of nitrogens with zero attached hydrogens (tertiary/aromatic N) is 2. The van der Waals surface area contributed by atoms with E-state index in [4.69, 9.17) is 0 Å². The average molecular weight is 311 g/mol. The highest BCUT2D eigenvalue weighted by Gasteiger charge is 2.23. The molecule has 0 bridgehead atoms. The summed E-state index contributed by atoms with van der Waals surface area (Å²) in [5.74, 6) is 0.158. The predicted molar refractivity (Wildman–Crippen MR) is 88.0 cm³/mol. The lowest BCUT2D eigenvalue weighted by molar-refractivity contribution is -0.121. The van der Waals surface area contributed by atoms with E-state index in [-0.39, 0.29) is 5.91 Å². The van der Waals surface area contributed by atoms with E-state index in [0.29, 0.717) is 12.5 Å². The molecule has 1 aliphatic rings. The van der Waals surface area contributed by atoms with E-state index in [1.165, 1.54) is 0 Å². The van der Waals surface area contributed by atoms with Crippen molar-refractivity contribution < 1.29 is 4.79 Å². The van der Waals surface area contributed by atoms with Crippen LogP contribution < -0.4 is 5.32 Å². The molecule has 112 valence electrons. The van der Waals surface area contributed by atoms with Gasteiger partial charge >= 0.3 is 0 Å². The molecule has 22 heavy (non-hydrogen) atoms. The van der Waals surface area contributed by atoms with Crippen molar-refractivity contribution in [3.63, 3.8) is 0 Å². The van der Waals surface area contributed by atoms with Gasteiger partial charge in [-0.2, -0.15) is 0 Å². The summed E-state index contributed by atoms with van der Waals surface area (Å²) in [5, 5.41) is 5.13. The SMILES string of the molecule is O=C(CCc1csc2nc(-c3ccccc3)cn12)NC1CC1. The van der Waals surface area contributed by atoms with E-state index >= 15 is 0 Å². The topological polar surface area (TPSA) is 46.4 Å². The number of aromatic nitrogens is 2. The van der Waals surface area contributed by atoms with Crippen LogP contribution in [-0.4, -0.2) is 21.3 Å². The number of aryl methyl sites for hydroxylation is 1. The van der Waals surface area contributed by atoms with Crippen molar-refractivity contribution in [1.29, 1.82) is 0 Å². The molecule has 0 atom stereocenters. The Morgan fingerprint density at radius 3 is 2.91 bits per heavy atom. The lowest BCUT2D eigenvalue weighted by atomic mass is 10.2. The number of carbonyl (C=O) groups excluding carboxylic acids is 1. The van der Waals surface area contributed by atoms with Crippen LogP contribution in [-0.2, 0) is 11.2 Å². The molecule has 0 unspecified atom stereocenters. The van der Waals surface area contributed by atoms with Gasteiger partial charge < -0.3 is 5.32 Å². The molecule has 2 aromatic heterocycles. The number of amides is 1. The maximum absolute atomic E-state index is 11.8. The van der Waals surface area contributed by atoms with Gasteiger partial charge in [0, 0.05) is 35.3 Å². The van der Waals surface area contributed by atoms with Crippen molar-refractivity contribution in [3.05, 3.63) is 47.6 Å². The van der Waals surface area contributed by atoms with Gasteiger partial charge in [0.25, 0.3) is 0 Å². The van der Waals surface area contributed by atoms with Crippen molar-refractivity contribution in [1.82, 2.24) is 14.7 Å². The summed E-state index contributed by atoms with van der Waals surface area (Å²) in [7, 11) is 0. The predicted octanol–water partition coefficient (Wildman–Crippen LogP) is 3.27. The summed E-state index contributed by atoms with van der Waals surface area (Å²) in [5.41, 5.74) is 3.26. The fraction of sp³-hybridized carbons (Fsp3) is 0.294. The Morgan fingerprint density at radius 1 is 1.32 bits per heavy atom.